The molecule has 154 valence electrons. The van der Waals surface area contributed by atoms with E-state index in [9.17, 15) is 0 Å². The van der Waals surface area contributed by atoms with Gasteiger partial charge in [0.1, 0.15) is 0 Å². The van der Waals surface area contributed by atoms with Gasteiger partial charge in [-0.2, -0.15) is 0 Å². The summed E-state index contributed by atoms with van der Waals surface area (Å²) in [6.07, 6.45) is 24.2. The van der Waals surface area contributed by atoms with Crippen LogP contribution in [0.5, 0.6) is 0 Å². The molecule has 0 N–H and O–H groups in total. The van der Waals surface area contributed by atoms with Crippen molar-refractivity contribution < 1.29 is 0 Å². The van der Waals surface area contributed by atoms with Gasteiger partial charge in [-0.05, 0) is 61.5 Å². The molecule has 0 saturated heterocycles. The fourth-order valence-electron chi connectivity index (χ4n) is 4.89. The fraction of sp³-hybridized carbons (Fsp3) is 0.778. The maximum absolute atomic E-state index is 2.44. The summed E-state index contributed by atoms with van der Waals surface area (Å²) in [5.41, 5.74) is 3.15. The molecule has 1 fully saturated rings. The first kappa shape index (κ1) is 22.5. The third-order valence-corrected chi connectivity index (χ3v) is 6.83. The standard InChI is InChI=1S/C27H46/c1-3-5-7-8-9-10-11-13-15-25-18-22-27(23-19-25)26-20-16-24(17-21-26)14-12-6-4-2/h16-17,20-21,25,27H,3-15,18-19,22-23H2,1-2H3. The maximum atomic E-state index is 2.44. The lowest BCUT2D eigenvalue weighted by molar-refractivity contribution is 0.301. The van der Waals surface area contributed by atoms with Crippen LogP contribution < -0.4 is 0 Å². The molecule has 1 aliphatic rings. The van der Waals surface area contributed by atoms with Gasteiger partial charge in [0.15, 0.2) is 0 Å². The van der Waals surface area contributed by atoms with Gasteiger partial charge in [0.25, 0.3) is 0 Å². The highest BCUT2D eigenvalue weighted by atomic mass is 14.3. The summed E-state index contributed by atoms with van der Waals surface area (Å²) >= 11 is 0. The van der Waals surface area contributed by atoms with Gasteiger partial charge in [0.05, 0.1) is 0 Å². The molecule has 0 aromatic heterocycles. The van der Waals surface area contributed by atoms with Crippen LogP contribution in [0.25, 0.3) is 0 Å². The summed E-state index contributed by atoms with van der Waals surface area (Å²) < 4.78 is 0. The molecule has 0 radical (unpaired) electrons. The molecule has 0 spiro atoms. The van der Waals surface area contributed by atoms with Crippen molar-refractivity contribution in [3.63, 3.8) is 0 Å². The van der Waals surface area contributed by atoms with Crippen molar-refractivity contribution >= 4 is 0 Å². The highest BCUT2D eigenvalue weighted by Crippen LogP contribution is 2.37. The van der Waals surface area contributed by atoms with Crippen molar-refractivity contribution in [3.8, 4) is 0 Å². The number of hydrogen-bond acceptors (Lipinski definition) is 0. The number of benzene rings is 1. The number of rotatable bonds is 14. The van der Waals surface area contributed by atoms with Crippen LogP contribution in [0.4, 0.5) is 0 Å². The van der Waals surface area contributed by atoms with Gasteiger partial charge in [0, 0.05) is 0 Å². The molecule has 2 rings (SSSR count). The molecule has 0 heterocycles. The largest absolute Gasteiger partial charge is 0.0654 e. The second kappa shape index (κ2) is 14.3. The molecular formula is C27H46. The lowest BCUT2D eigenvalue weighted by atomic mass is 9.77. The second-order valence-corrected chi connectivity index (χ2v) is 9.18. The van der Waals surface area contributed by atoms with E-state index in [4.69, 9.17) is 0 Å². The van der Waals surface area contributed by atoms with E-state index in [1.54, 1.807) is 5.56 Å². The zero-order chi connectivity index (χ0) is 19.2. The molecule has 0 unspecified atom stereocenters. The molecule has 0 bridgehead atoms. The summed E-state index contributed by atoms with van der Waals surface area (Å²) in [7, 11) is 0. The van der Waals surface area contributed by atoms with E-state index < -0.39 is 0 Å². The zero-order valence-electron chi connectivity index (χ0n) is 18.5. The number of unbranched alkanes of at least 4 members (excludes halogenated alkanes) is 9. The molecule has 1 saturated carbocycles. The van der Waals surface area contributed by atoms with Crippen LogP contribution in [0.1, 0.15) is 134 Å². The lowest BCUT2D eigenvalue weighted by Crippen LogP contribution is -2.13. The van der Waals surface area contributed by atoms with Gasteiger partial charge in [-0.25, -0.2) is 0 Å². The van der Waals surface area contributed by atoms with Gasteiger partial charge >= 0.3 is 0 Å². The molecule has 0 heteroatoms. The highest BCUT2D eigenvalue weighted by Gasteiger charge is 2.21. The van der Waals surface area contributed by atoms with Crippen LogP contribution >= 0.6 is 0 Å². The minimum absolute atomic E-state index is 0.838. The molecular weight excluding hydrogens is 324 g/mol. The van der Waals surface area contributed by atoms with E-state index in [0.717, 1.165) is 11.8 Å². The SMILES string of the molecule is CCCCCCCCCCC1CCC(c2ccc(CCCCC)cc2)CC1. The Morgan fingerprint density at radius 1 is 0.630 bits per heavy atom. The Hall–Kier alpha value is -0.780. The third-order valence-electron chi connectivity index (χ3n) is 6.83. The topological polar surface area (TPSA) is 0 Å². The highest BCUT2D eigenvalue weighted by molar-refractivity contribution is 5.25. The summed E-state index contributed by atoms with van der Waals surface area (Å²) in [5.74, 6) is 1.86. The third kappa shape index (κ3) is 9.31. The van der Waals surface area contributed by atoms with Gasteiger partial charge < -0.3 is 0 Å². The van der Waals surface area contributed by atoms with E-state index in [2.05, 4.69) is 38.1 Å². The van der Waals surface area contributed by atoms with E-state index in [0.29, 0.717) is 0 Å². The van der Waals surface area contributed by atoms with Crippen molar-refractivity contribution in [2.24, 2.45) is 5.92 Å². The van der Waals surface area contributed by atoms with Gasteiger partial charge in [-0.3, -0.25) is 0 Å². The van der Waals surface area contributed by atoms with Crippen molar-refractivity contribution in [3.05, 3.63) is 35.4 Å². The Labute approximate surface area is 170 Å². The van der Waals surface area contributed by atoms with Crippen LogP contribution in [0.3, 0.4) is 0 Å². The van der Waals surface area contributed by atoms with Crippen LogP contribution in [0.2, 0.25) is 0 Å². The lowest BCUT2D eigenvalue weighted by Gasteiger charge is -2.29. The van der Waals surface area contributed by atoms with Gasteiger partial charge in [0.2, 0.25) is 0 Å². The Balaban J connectivity index is 1.55. The van der Waals surface area contributed by atoms with Crippen molar-refractivity contribution in [1.29, 1.82) is 0 Å². The van der Waals surface area contributed by atoms with Crippen molar-refractivity contribution in [2.45, 2.75) is 129 Å². The van der Waals surface area contributed by atoms with Crippen molar-refractivity contribution in [2.75, 3.05) is 0 Å². The summed E-state index contributed by atoms with van der Waals surface area (Å²) in [4.78, 5) is 0. The first-order valence-corrected chi connectivity index (χ1v) is 12.4. The van der Waals surface area contributed by atoms with Gasteiger partial charge in [-0.15, -0.1) is 0 Å². The Morgan fingerprint density at radius 2 is 1.19 bits per heavy atom. The molecule has 27 heavy (non-hydrogen) atoms. The van der Waals surface area contributed by atoms with Crippen LogP contribution in [0, 0.1) is 5.92 Å². The Morgan fingerprint density at radius 3 is 1.81 bits per heavy atom. The van der Waals surface area contributed by atoms with E-state index in [1.165, 1.54) is 115 Å². The minimum atomic E-state index is 0.838. The predicted octanol–water partition coefficient (Wildman–Crippen LogP) is 9.22. The molecule has 1 aromatic carbocycles. The zero-order valence-corrected chi connectivity index (χ0v) is 18.5. The van der Waals surface area contributed by atoms with Crippen molar-refractivity contribution in [1.82, 2.24) is 0 Å². The smallest absolute Gasteiger partial charge is 0.0162 e. The average molecular weight is 371 g/mol. The normalized spacial score (nSPS) is 20.1. The Bertz CT molecular complexity index is 449. The number of aryl methyl sites for hydroxylation is 1. The van der Waals surface area contributed by atoms with Gasteiger partial charge in [-0.1, -0.05) is 109 Å². The van der Waals surface area contributed by atoms with Crippen LogP contribution in [0.15, 0.2) is 24.3 Å². The summed E-state index contributed by atoms with van der Waals surface area (Å²) in [5, 5.41) is 0. The Kier molecular flexibility index (Phi) is 11.9. The molecule has 0 atom stereocenters. The second-order valence-electron chi connectivity index (χ2n) is 9.18. The first-order chi connectivity index (χ1) is 13.3. The van der Waals surface area contributed by atoms with Crippen LogP contribution in [-0.2, 0) is 6.42 Å². The van der Waals surface area contributed by atoms with E-state index in [1.807, 2.05) is 0 Å². The number of hydrogen-bond donors (Lipinski definition) is 0. The van der Waals surface area contributed by atoms with Crippen LogP contribution in [-0.4, -0.2) is 0 Å². The molecule has 0 nitrogen and oxygen atoms in total. The van der Waals surface area contributed by atoms with E-state index in [-0.39, 0.29) is 0 Å². The monoisotopic (exact) mass is 370 g/mol. The quantitative estimate of drug-likeness (QED) is 0.286. The summed E-state index contributed by atoms with van der Waals surface area (Å²) in [6.45, 7) is 4.59. The average Bonchev–Trinajstić information content (AvgIpc) is 2.71. The molecule has 0 aliphatic heterocycles. The predicted molar refractivity (Wildman–Crippen MR) is 122 cm³/mol. The van der Waals surface area contributed by atoms with E-state index >= 15 is 0 Å². The molecule has 0 amide bonds. The fourth-order valence-corrected chi connectivity index (χ4v) is 4.89. The first-order valence-electron chi connectivity index (χ1n) is 12.4. The molecule has 1 aromatic rings. The summed E-state index contributed by atoms with van der Waals surface area (Å²) in [6, 6.07) is 9.67. The molecule has 1 aliphatic carbocycles. The maximum Gasteiger partial charge on any atom is -0.0162 e. The minimum Gasteiger partial charge on any atom is -0.0654 e.